The molecule has 1 unspecified atom stereocenters. The fraction of sp³-hybridized carbons (Fsp3) is 0.625. The average molecular weight is 155 g/mol. The summed E-state index contributed by atoms with van der Waals surface area (Å²) < 4.78 is 0. The molecule has 1 rings (SSSR count). The molecule has 3 heteroatoms. The third kappa shape index (κ3) is 2.05. The van der Waals surface area contributed by atoms with Gasteiger partial charge in [-0.1, -0.05) is 13.8 Å². The normalized spacial score (nSPS) is 23.8. The van der Waals surface area contributed by atoms with Crippen LogP contribution in [0.2, 0.25) is 0 Å². The summed E-state index contributed by atoms with van der Waals surface area (Å²) in [4.78, 5) is 10.7. The van der Waals surface area contributed by atoms with Gasteiger partial charge in [0, 0.05) is 6.08 Å². The van der Waals surface area contributed by atoms with Gasteiger partial charge in [0.05, 0.1) is 0 Å². The molecule has 0 bridgehead atoms. The number of nitrogens with one attached hydrogen (secondary N) is 1. The maximum Gasteiger partial charge on any atom is 0.246 e. The summed E-state index contributed by atoms with van der Waals surface area (Å²) in [6.07, 6.45) is 1.51. The standard InChI is InChI=1S/C8H13NO2/c1-5(2)3-6-4-7(10)9-8(6)11/h4-5,8,11H,3H2,1-2H3,(H,9,10). The number of rotatable bonds is 2. The van der Waals surface area contributed by atoms with Gasteiger partial charge in [-0.3, -0.25) is 4.79 Å². The molecule has 0 saturated carbocycles. The second-order valence-corrected chi connectivity index (χ2v) is 3.23. The third-order valence-corrected chi connectivity index (χ3v) is 1.59. The molecule has 0 fully saturated rings. The van der Waals surface area contributed by atoms with Crippen LogP contribution in [0.4, 0.5) is 0 Å². The maximum atomic E-state index is 10.7. The van der Waals surface area contributed by atoms with E-state index in [4.69, 9.17) is 0 Å². The fourth-order valence-electron chi connectivity index (χ4n) is 1.16. The molecule has 3 nitrogen and oxygen atoms in total. The first-order chi connectivity index (χ1) is 5.09. The Kier molecular flexibility index (Phi) is 2.29. The topological polar surface area (TPSA) is 49.3 Å². The van der Waals surface area contributed by atoms with Crippen LogP contribution in [0.5, 0.6) is 0 Å². The van der Waals surface area contributed by atoms with E-state index < -0.39 is 6.23 Å². The Hall–Kier alpha value is -0.830. The highest BCUT2D eigenvalue weighted by molar-refractivity contribution is 5.91. The van der Waals surface area contributed by atoms with Crippen molar-refractivity contribution in [3.05, 3.63) is 11.6 Å². The highest BCUT2D eigenvalue weighted by atomic mass is 16.3. The lowest BCUT2D eigenvalue weighted by Gasteiger charge is -2.09. The molecule has 62 valence electrons. The maximum absolute atomic E-state index is 10.7. The molecule has 1 aliphatic rings. The summed E-state index contributed by atoms with van der Waals surface area (Å²) in [6.45, 7) is 4.10. The summed E-state index contributed by atoms with van der Waals surface area (Å²) in [6, 6.07) is 0. The highest BCUT2D eigenvalue weighted by Gasteiger charge is 2.20. The summed E-state index contributed by atoms with van der Waals surface area (Å²) in [5.41, 5.74) is 0.796. The number of hydrogen-bond acceptors (Lipinski definition) is 2. The predicted molar refractivity (Wildman–Crippen MR) is 41.7 cm³/mol. The Morgan fingerprint density at radius 3 is 2.73 bits per heavy atom. The molecule has 0 aromatic heterocycles. The Labute approximate surface area is 66.1 Å². The Morgan fingerprint density at radius 1 is 1.73 bits per heavy atom. The first-order valence-corrected chi connectivity index (χ1v) is 3.78. The molecular formula is C8H13NO2. The number of aliphatic hydroxyl groups is 1. The smallest absolute Gasteiger partial charge is 0.246 e. The number of aliphatic hydroxyl groups excluding tert-OH is 1. The lowest BCUT2D eigenvalue weighted by Crippen LogP contribution is -2.28. The minimum absolute atomic E-state index is 0.187. The summed E-state index contributed by atoms with van der Waals surface area (Å²) >= 11 is 0. The molecule has 0 aromatic rings. The molecule has 1 amide bonds. The van der Waals surface area contributed by atoms with Gasteiger partial charge in [-0.15, -0.1) is 0 Å². The molecule has 0 spiro atoms. The third-order valence-electron chi connectivity index (χ3n) is 1.59. The second kappa shape index (κ2) is 3.05. The van der Waals surface area contributed by atoms with Crippen molar-refractivity contribution in [1.29, 1.82) is 0 Å². The van der Waals surface area contributed by atoms with Gasteiger partial charge in [-0.25, -0.2) is 0 Å². The van der Waals surface area contributed by atoms with E-state index in [0.29, 0.717) is 5.92 Å². The van der Waals surface area contributed by atoms with Crippen molar-refractivity contribution in [3.63, 3.8) is 0 Å². The second-order valence-electron chi connectivity index (χ2n) is 3.23. The minimum atomic E-state index is -0.745. The van der Waals surface area contributed by atoms with Crippen molar-refractivity contribution in [2.24, 2.45) is 5.92 Å². The molecule has 0 saturated heterocycles. The van der Waals surface area contributed by atoms with E-state index in [-0.39, 0.29) is 5.91 Å². The molecule has 0 aromatic carbocycles. The van der Waals surface area contributed by atoms with E-state index in [1.165, 1.54) is 6.08 Å². The van der Waals surface area contributed by atoms with Crippen molar-refractivity contribution in [2.45, 2.75) is 26.5 Å². The van der Waals surface area contributed by atoms with Gasteiger partial charge in [0.25, 0.3) is 0 Å². The van der Waals surface area contributed by atoms with Gasteiger partial charge in [0.1, 0.15) is 6.23 Å². The molecule has 0 aliphatic carbocycles. The van der Waals surface area contributed by atoms with Crippen molar-refractivity contribution >= 4 is 5.91 Å². The van der Waals surface area contributed by atoms with Crippen LogP contribution in [0, 0.1) is 5.92 Å². The fourth-order valence-corrected chi connectivity index (χ4v) is 1.16. The Morgan fingerprint density at radius 2 is 2.36 bits per heavy atom. The monoisotopic (exact) mass is 155 g/mol. The average Bonchev–Trinajstić information content (AvgIpc) is 2.09. The molecule has 2 N–H and O–H groups in total. The highest BCUT2D eigenvalue weighted by Crippen LogP contribution is 2.16. The molecule has 0 radical (unpaired) electrons. The van der Waals surface area contributed by atoms with Crippen LogP contribution >= 0.6 is 0 Å². The van der Waals surface area contributed by atoms with E-state index in [2.05, 4.69) is 19.2 Å². The van der Waals surface area contributed by atoms with Crippen molar-refractivity contribution in [1.82, 2.24) is 5.32 Å². The Balaban J connectivity index is 2.57. The number of carbonyl (C=O) groups is 1. The minimum Gasteiger partial charge on any atom is -0.370 e. The van der Waals surface area contributed by atoms with Crippen LogP contribution in [0.3, 0.4) is 0 Å². The quantitative estimate of drug-likeness (QED) is 0.606. The zero-order chi connectivity index (χ0) is 8.43. The van der Waals surface area contributed by atoms with Crippen LogP contribution in [-0.2, 0) is 4.79 Å². The zero-order valence-corrected chi connectivity index (χ0v) is 6.79. The van der Waals surface area contributed by atoms with Gasteiger partial charge in [0.2, 0.25) is 5.91 Å². The Bertz CT molecular complexity index is 196. The van der Waals surface area contributed by atoms with E-state index in [9.17, 15) is 9.90 Å². The summed E-state index contributed by atoms with van der Waals surface area (Å²) in [5.74, 6) is 0.289. The lowest BCUT2D eigenvalue weighted by molar-refractivity contribution is -0.117. The van der Waals surface area contributed by atoms with Crippen molar-refractivity contribution in [3.8, 4) is 0 Å². The van der Waals surface area contributed by atoms with Crippen LogP contribution in [0.25, 0.3) is 0 Å². The number of hydrogen-bond donors (Lipinski definition) is 2. The van der Waals surface area contributed by atoms with E-state index >= 15 is 0 Å². The molecule has 1 aliphatic heterocycles. The lowest BCUT2D eigenvalue weighted by atomic mass is 10.0. The van der Waals surface area contributed by atoms with Crippen LogP contribution in [0.1, 0.15) is 20.3 Å². The van der Waals surface area contributed by atoms with E-state index in [1.807, 2.05) is 0 Å². The van der Waals surface area contributed by atoms with Gasteiger partial charge in [-0.05, 0) is 17.9 Å². The van der Waals surface area contributed by atoms with E-state index in [1.54, 1.807) is 0 Å². The summed E-state index contributed by atoms with van der Waals surface area (Å²) in [5, 5.41) is 11.6. The van der Waals surface area contributed by atoms with Crippen molar-refractivity contribution in [2.75, 3.05) is 0 Å². The SMILES string of the molecule is CC(C)CC1=CC(=O)NC1O. The predicted octanol–water partition coefficient (Wildman–Crippen LogP) is 0.407. The molecular weight excluding hydrogens is 142 g/mol. The van der Waals surface area contributed by atoms with Gasteiger partial charge in [0.15, 0.2) is 0 Å². The molecule has 1 heterocycles. The molecule has 11 heavy (non-hydrogen) atoms. The van der Waals surface area contributed by atoms with Gasteiger partial charge in [-0.2, -0.15) is 0 Å². The number of amides is 1. The molecule has 1 atom stereocenters. The summed E-state index contributed by atoms with van der Waals surface area (Å²) in [7, 11) is 0. The van der Waals surface area contributed by atoms with Gasteiger partial charge < -0.3 is 10.4 Å². The van der Waals surface area contributed by atoms with Gasteiger partial charge >= 0.3 is 0 Å². The zero-order valence-electron chi connectivity index (χ0n) is 6.79. The first-order valence-electron chi connectivity index (χ1n) is 3.78. The number of carbonyl (C=O) groups excluding carboxylic acids is 1. The van der Waals surface area contributed by atoms with Crippen LogP contribution < -0.4 is 5.32 Å². The van der Waals surface area contributed by atoms with Crippen LogP contribution in [0.15, 0.2) is 11.6 Å². The van der Waals surface area contributed by atoms with Crippen LogP contribution in [-0.4, -0.2) is 17.2 Å². The van der Waals surface area contributed by atoms with E-state index in [0.717, 1.165) is 12.0 Å². The van der Waals surface area contributed by atoms with Crippen molar-refractivity contribution < 1.29 is 9.90 Å². The largest absolute Gasteiger partial charge is 0.370 e. The first kappa shape index (κ1) is 8.27.